The minimum absolute atomic E-state index is 0.363. The van der Waals surface area contributed by atoms with Gasteiger partial charge in [-0.2, -0.15) is 0 Å². The number of pyridine rings is 1. The van der Waals surface area contributed by atoms with Gasteiger partial charge in [0.1, 0.15) is 11.4 Å². The smallest absolute Gasteiger partial charge is 0.156 e. The van der Waals surface area contributed by atoms with Gasteiger partial charge in [-0.05, 0) is 65.6 Å². The summed E-state index contributed by atoms with van der Waals surface area (Å²) in [5.41, 5.74) is 3.13. The summed E-state index contributed by atoms with van der Waals surface area (Å²) in [4.78, 5) is 6.80. The number of ether oxygens (including phenoxy) is 1. The fourth-order valence-electron chi connectivity index (χ4n) is 5.11. The van der Waals surface area contributed by atoms with Crippen molar-refractivity contribution in [3.05, 3.63) is 90.8 Å². The molecule has 0 spiro atoms. The van der Waals surface area contributed by atoms with Crippen molar-refractivity contribution in [2.45, 2.75) is 25.4 Å². The van der Waals surface area contributed by atoms with Crippen LogP contribution in [0.1, 0.15) is 18.4 Å². The van der Waals surface area contributed by atoms with Crippen molar-refractivity contribution < 1.29 is 4.74 Å². The molecule has 0 aliphatic carbocycles. The zero-order chi connectivity index (χ0) is 24.3. The fourth-order valence-corrected chi connectivity index (χ4v) is 5.11. The number of rotatable bonds is 6. The number of hydrogen-bond acceptors (Lipinski definition) is 6. The van der Waals surface area contributed by atoms with Gasteiger partial charge in [-0.15, -0.1) is 10.2 Å². The standard InChI is InChI=1S/C30H29N5O/c1-36-26-10-11-27-28(18-26)29(24-7-4-14-31-19-24)33-34-30(27)32-25-12-15-35(16-13-25)20-21-8-9-22-5-2-3-6-23(22)17-21/h2-11,14,17-19,25H,12-13,15-16,20H2,1H3,(H,32,34). The molecule has 3 aromatic carbocycles. The van der Waals surface area contributed by atoms with Gasteiger partial charge in [0.05, 0.1) is 7.11 Å². The van der Waals surface area contributed by atoms with Crippen LogP contribution in [-0.4, -0.2) is 46.3 Å². The molecule has 1 saturated heterocycles. The lowest BCUT2D eigenvalue weighted by Gasteiger charge is -2.32. The second-order valence-electron chi connectivity index (χ2n) is 9.43. The molecule has 1 aliphatic heterocycles. The Morgan fingerprint density at radius 3 is 2.56 bits per heavy atom. The Hall–Kier alpha value is -4.03. The average Bonchev–Trinajstić information content (AvgIpc) is 2.94. The predicted molar refractivity (Wildman–Crippen MR) is 145 cm³/mol. The Morgan fingerprint density at radius 1 is 0.889 bits per heavy atom. The van der Waals surface area contributed by atoms with Gasteiger partial charge in [0.15, 0.2) is 5.82 Å². The van der Waals surface area contributed by atoms with Crippen LogP contribution in [-0.2, 0) is 6.54 Å². The Bertz CT molecular complexity index is 1500. The van der Waals surface area contributed by atoms with Crippen LogP contribution in [0.25, 0.3) is 32.8 Å². The molecule has 0 unspecified atom stereocenters. The number of nitrogens with one attached hydrogen (secondary N) is 1. The molecule has 36 heavy (non-hydrogen) atoms. The number of anilines is 1. The van der Waals surface area contributed by atoms with Gasteiger partial charge in [0.25, 0.3) is 0 Å². The third kappa shape index (κ3) is 4.60. The molecule has 0 saturated carbocycles. The maximum Gasteiger partial charge on any atom is 0.156 e. The lowest BCUT2D eigenvalue weighted by atomic mass is 10.0. The molecular weight excluding hydrogens is 446 g/mol. The second kappa shape index (κ2) is 9.91. The van der Waals surface area contributed by atoms with Gasteiger partial charge < -0.3 is 10.1 Å². The summed E-state index contributed by atoms with van der Waals surface area (Å²) in [6.45, 7) is 3.09. The number of piperidine rings is 1. The van der Waals surface area contributed by atoms with Gasteiger partial charge in [0.2, 0.25) is 0 Å². The first kappa shape index (κ1) is 22.4. The number of likely N-dealkylation sites (tertiary alicyclic amines) is 1. The predicted octanol–water partition coefficient (Wildman–Crippen LogP) is 5.93. The van der Waals surface area contributed by atoms with E-state index in [1.54, 1.807) is 13.3 Å². The third-order valence-electron chi connectivity index (χ3n) is 7.07. The lowest BCUT2D eigenvalue weighted by molar-refractivity contribution is 0.211. The molecule has 1 N–H and O–H groups in total. The molecule has 1 aliphatic rings. The molecule has 6 nitrogen and oxygen atoms in total. The number of nitrogens with zero attached hydrogens (tertiary/aromatic N) is 4. The number of fused-ring (bicyclic) bond motifs is 2. The van der Waals surface area contributed by atoms with E-state index in [1.807, 2.05) is 30.5 Å². The normalized spacial score (nSPS) is 14.8. The Labute approximate surface area is 211 Å². The summed E-state index contributed by atoms with van der Waals surface area (Å²) in [6.07, 6.45) is 5.72. The highest BCUT2D eigenvalue weighted by atomic mass is 16.5. The Balaban J connectivity index is 1.17. The lowest BCUT2D eigenvalue weighted by Crippen LogP contribution is -2.38. The van der Waals surface area contributed by atoms with Crippen molar-refractivity contribution in [2.75, 3.05) is 25.5 Å². The van der Waals surface area contributed by atoms with E-state index in [9.17, 15) is 0 Å². The second-order valence-corrected chi connectivity index (χ2v) is 9.43. The largest absolute Gasteiger partial charge is 0.497 e. The molecule has 0 amide bonds. The molecule has 3 heterocycles. The molecule has 6 heteroatoms. The van der Waals surface area contributed by atoms with Crippen LogP contribution >= 0.6 is 0 Å². The molecule has 0 atom stereocenters. The quantitative estimate of drug-likeness (QED) is 0.328. The van der Waals surface area contributed by atoms with Crippen molar-refractivity contribution in [3.8, 4) is 17.0 Å². The van der Waals surface area contributed by atoms with Crippen LogP contribution in [0.5, 0.6) is 5.75 Å². The minimum Gasteiger partial charge on any atom is -0.497 e. The van der Waals surface area contributed by atoms with Crippen LogP contribution in [0.3, 0.4) is 0 Å². The molecule has 2 aromatic heterocycles. The molecule has 0 radical (unpaired) electrons. The third-order valence-corrected chi connectivity index (χ3v) is 7.07. The highest BCUT2D eigenvalue weighted by Gasteiger charge is 2.21. The van der Waals surface area contributed by atoms with Crippen LogP contribution in [0.4, 0.5) is 5.82 Å². The molecule has 180 valence electrons. The van der Waals surface area contributed by atoms with E-state index >= 15 is 0 Å². The first-order valence-corrected chi connectivity index (χ1v) is 12.5. The zero-order valence-electron chi connectivity index (χ0n) is 20.4. The molecule has 5 aromatic rings. The Kier molecular flexibility index (Phi) is 6.18. The zero-order valence-corrected chi connectivity index (χ0v) is 20.4. The maximum atomic E-state index is 5.50. The monoisotopic (exact) mass is 475 g/mol. The van der Waals surface area contributed by atoms with Crippen molar-refractivity contribution in [3.63, 3.8) is 0 Å². The van der Waals surface area contributed by atoms with Gasteiger partial charge in [-0.25, -0.2) is 0 Å². The average molecular weight is 476 g/mol. The van der Waals surface area contributed by atoms with Crippen molar-refractivity contribution in [2.24, 2.45) is 0 Å². The van der Waals surface area contributed by atoms with E-state index < -0.39 is 0 Å². The van der Waals surface area contributed by atoms with Crippen LogP contribution in [0, 0.1) is 0 Å². The summed E-state index contributed by atoms with van der Waals surface area (Å²) in [5, 5.41) is 17.5. The topological polar surface area (TPSA) is 63.2 Å². The van der Waals surface area contributed by atoms with Crippen LogP contribution in [0.15, 0.2) is 85.2 Å². The Morgan fingerprint density at radius 2 is 1.75 bits per heavy atom. The van der Waals surface area contributed by atoms with Crippen molar-refractivity contribution >= 4 is 27.4 Å². The summed E-state index contributed by atoms with van der Waals surface area (Å²) < 4.78 is 5.50. The maximum absolute atomic E-state index is 5.50. The van der Waals surface area contributed by atoms with E-state index in [4.69, 9.17) is 4.74 Å². The summed E-state index contributed by atoms with van der Waals surface area (Å²) >= 11 is 0. The fraction of sp³-hybridized carbons (Fsp3) is 0.233. The van der Waals surface area contributed by atoms with Gasteiger partial charge in [-0.1, -0.05) is 36.4 Å². The van der Waals surface area contributed by atoms with E-state index in [0.717, 1.165) is 66.1 Å². The van der Waals surface area contributed by atoms with Gasteiger partial charge in [-0.3, -0.25) is 9.88 Å². The van der Waals surface area contributed by atoms with E-state index in [2.05, 4.69) is 73.9 Å². The number of hydrogen-bond donors (Lipinski definition) is 1. The number of methoxy groups -OCH3 is 1. The van der Waals surface area contributed by atoms with Crippen molar-refractivity contribution in [1.29, 1.82) is 0 Å². The van der Waals surface area contributed by atoms with Crippen molar-refractivity contribution in [1.82, 2.24) is 20.1 Å². The minimum atomic E-state index is 0.363. The van der Waals surface area contributed by atoms with E-state index in [0.29, 0.717) is 6.04 Å². The first-order valence-electron chi connectivity index (χ1n) is 12.5. The van der Waals surface area contributed by atoms with E-state index in [1.165, 1.54) is 16.3 Å². The number of benzene rings is 3. The van der Waals surface area contributed by atoms with Gasteiger partial charge >= 0.3 is 0 Å². The van der Waals surface area contributed by atoms with Crippen LogP contribution < -0.4 is 10.1 Å². The molecule has 6 rings (SSSR count). The first-order chi connectivity index (χ1) is 17.8. The highest BCUT2D eigenvalue weighted by molar-refractivity contribution is 6.00. The summed E-state index contributed by atoms with van der Waals surface area (Å²) in [5.74, 6) is 1.63. The summed E-state index contributed by atoms with van der Waals surface area (Å²) in [6, 6.07) is 25.7. The SMILES string of the molecule is COc1ccc2c(NC3CCN(Cc4ccc5ccccc5c4)CC3)nnc(-c3cccnc3)c2c1. The summed E-state index contributed by atoms with van der Waals surface area (Å²) in [7, 11) is 1.68. The van der Waals surface area contributed by atoms with E-state index in [-0.39, 0.29) is 0 Å². The molecular formula is C30H29N5O. The molecule has 1 fully saturated rings. The number of aromatic nitrogens is 3. The van der Waals surface area contributed by atoms with Gasteiger partial charge in [0, 0.05) is 54.4 Å². The van der Waals surface area contributed by atoms with Crippen LogP contribution in [0.2, 0.25) is 0 Å². The highest BCUT2D eigenvalue weighted by Crippen LogP contribution is 2.33. The molecule has 0 bridgehead atoms.